The second-order valence-corrected chi connectivity index (χ2v) is 5.21. The van der Waals surface area contributed by atoms with E-state index in [1.165, 1.54) is 0 Å². The first-order chi connectivity index (χ1) is 6.48. The minimum Gasteiger partial charge on any atom is -0.491 e. The van der Waals surface area contributed by atoms with Crippen LogP contribution in [0.25, 0.3) is 0 Å². The summed E-state index contributed by atoms with van der Waals surface area (Å²) in [6.07, 6.45) is 3.55. The lowest BCUT2D eigenvalue weighted by molar-refractivity contribution is -0.124. The quantitative estimate of drug-likeness (QED) is 0.592. The fraction of sp³-hybridized carbons (Fsp3) is 0.750. The first kappa shape index (κ1) is 9.75. The zero-order valence-electron chi connectivity index (χ0n) is 9.22. The van der Waals surface area contributed by atoms with E-state index >= 15 is 0 Å². The van der Waals surface area contributed by atoms with Crippen molar-refractivity contribution in [1.29, 1.82) is 0 Å². The molecule has 0 saturated carbocycles. The molecule has 78 valence electrons. The molecule has 0 radical (unpaired) electrons. The summed E-state index contributed by atoms with van der Waals surface area (Å²) in [7, 11) is 0. The number of rotatable bonds is 0. The minimum atomic E-state index is -0.285. The summed E-state index contributed by atoms with van der Waals surface area (Å²) in [6, 6.07) is 0. The van der Waals surface area contributed by atoms with E-state index in [1.807, 2.05) is 13.8 Å². The fourth-order valence-electron chi connectivity index (χ4n) is 2.33. The highest BCUT2D eigenvalue weighted by Crippen LogP contribution is 2.38. The van der Waals surface area contributed by atoms with E-state index in [0.717, 1.165) is 30.6 Å². The minimum absolute atomic E-state index is 0.285. The smallest absolute Gasteiger partial charge is 0.166 e. The molecular weight excluding hydrogens is 176 g/mol. The molecule has 14 heavy (non-hydrogen) atoms. The van der Waals surface area contributed by atoms with Crippen LogP contribution in [0.3, 0.4) is 0 Å². The van der Waals surface area contributed by atoms with Gasteiger partial charge in [0.05, 0.1) is 6.42 Å². The van der Waals surface area contributed by atoms with Gasteiger partial charge in [0.2, 0.25) is 0 Å². The van der Waals surface area contributed by atoms with Crippen LogP contribution >= 0.6 is 0 Å². The maximum Gasteiger partial charge on any atom is 0.166 e. The molecule has 0 aromatic carbocycles. The molecule has 0 fully saturated rings. The van der Waals surface area contributed by atoms with Crippen LogP contribution in [0.4, 0.5) is 0 Å². The molecule has 1 unspecified atom stereocenters. The Balaban J connectivity index is 2.29. The average Bonchev–Trinajstić information content (AvgIpc) is 2.00. The largest absolute Gasteiger partial charge is 0.491 e. The van der Waals surface area contributed by atoms with Gasteiger partial charge in [0, 0.05) is 12.0 Å². The summed E-state index contributed by atoms with van der Waals surface area (Å²) in [5.74, 6) is 1.95. The van der Waals surface area contributed by atoms with Crippen molar-refractivity contribution >= 4 is 5.78 Å². The van der Waals surface area contributed by atoms with Crippen LogP contribution in [0.5, 0.6) is 0 Å². The molecular formula is C12H18O2. The summed E-state index contributed by atoms with van der Waals surface area (Å²) in [4.78, 5) is 11.8. The number of ether oxygens (including phenoxy) is 1. The molecule has 2 nitrogen and oxygen atoms in total. The molecule has 2 rings (SSSR count). The van der Waals surface area contributed by atoms with Crippen LogP contribution in [0.2, 0.25) is 0 Å². The van der Waals surface area contributed by atoms with E-state index in [2.05, 4.69) is 6.92 Å². The van der Waals surface area contributed by atoms with Crippen molar-refractivity contribution in [3.05, 3.63) is 11.3 Å². The van der Waals surface area contributed by atoms with Gasteiger partial charge >= 0.3 is 0 Å². The molecule has 0 spiro atoms. The van der Waals surface area contributed by atoms with E-state index in [-0.39, 0.29) is 5.60 Å². The first-order valence-electron chi connectivity index (χ1n) is 5.42. The summed E-state index contributed by atoms with van der Waals surface area (Å²) in [5, 5.41) is 0. The molecule has 1 atom stereocenters. The third-order valence-corrected chi connectivity index (χ3v) is 3.08. The maximum atomic E-state index is 11.8. The van der Waals surface area contributed by atoms with E-state index in [9.17, 15) is 4.79 Å². The lowest BCUT2D eigenvalue weighted by Crippen LogP contribution is -2.35. The Bertz CT molecular complexity index is 299. The second kappa shape index (κ2) is 3.11. The van der Waals surface area contributed by atoms with Crippen molar-refractivity contribution in [1.82, 2.24) is 0 Å². The zero-order chi connectivity index (χ0) is 10.3. The number of hydrogen-bond donors (Lipinski definition) is 0. The van der Waals surface area contributed by atoms with Gasteiger partial charge in [0.15, 0.2) is 5.78 Å². The predicted octanol–water partition coefficient (Wildman–Crippen LogP) is 2.83. The number of carbonyl (C=O) groups is 1. The molecule has 0 saturated heterocycles. The lowest BCUT2D eigenvalue weighted by Gasteiger charge is -2.36. The Morgan fingerprint density at radius 2 is 2.14 bits per heavy atom. The van der Waals surface area contributed by atoms with Crippen LogP contribution in [-0.2, 0) is 9.53 Å². The number of Topliss-reactive ketones (excluding diaryl/α,β-unsaturated/α-hetero) is 1. The molecule has 1 aliphatic heterocycles. The van der Waals surface area contributed by atoms with E-state index in [0.29, 0.717) is 18.1 Å². The highest BCUT2D eigenvalue weighted by Gasteiger charge is 2.36. The van der Waals surface area contributed by atoms with Gasteiger partial charge in [0.25, 0.3) is 0 Å². The fourth-order valence-corrected chi connectivity index (χ4v) is 2.33. The summed E-state index contributed by atoms with van der Waals surface area (Å²) >= 11 is 0. The van der Waals surface area contributed by atoms with Crippen LogP contribution in [0.1, 0.15) is 46.5 Å². The normalized spacial score (nSPS) is 31.1. The molecule has 0 bridgehead atoms. The summed E-state index contributed by atoms with van der Waals surface area (Å²) in [5.41, 5.74) is 0.690. The van der Waals surface area contributed by atoms with Gasteiger partial charge in [-0.3, -0.25) is 4.79 Å². The predicted molar refractivity (Wildman–Crippen MR) is 54.8 cm³/mol. The van der Waals surface area contributed by atoms with Gasteiger partial charge in [-0.25, -0.2) is 0 Å². The van der Waals surface area contributed by atoms with E-state index in [4.69, 9.17) is 4.74 Å². The van der Waals surface area contributed by atoms with Gasteiger partial charge in [-0.2, -0.15) is 0 Å². The topological polar surface area (TPSA) is 26.3 Å². The number of allylic oxidation sites excluding steroid dienone is 2. The third kappa shape index (κ3) is 1.70. The van der Waals surface area contributed by atoms with Crippen molar-refractivity contribution in [2.24, 2.45) is 5.92 Å². The van der Waals surface area contributed by atoms with E-state index < -0.39 is 0 Å². The Kier molecular flexibility index (Phi) is 2.17. The molecule has 1 aliphatic carbocycles. The highest BCUT2D eigenvalue weighted by molar-refractivity contribution is 5.97. The van der Waals surface area contributed by atoms with Crippen molar-refractivity contribution in [2.45, 2.75) is 52.1 Å². The Labute approximate surface area is 85.3 Å². The van der Waals surface area contributed by atoms with Gasteiger partial charge in [-0.15, -0.1) is 0 Å². The van der Waals surface area contributed by atoms with Gasteiger partial charge < -0.3 is 4.74 Å². The average molecular weight is 194 g/mol. The molecule has 2 heteroatoms. The van der Waals surface area contributed by atoms with Crippen molar-refractivity contribution in [3.8, 4) is 0 Å². The Morgan fingerprint density at radius 3 is 2.86 bits per heavy atom. The van der Waals surface area contributed by atoms with E-state index in [1.54, 1.807) is 0 Å². The number of hydrogen-bond acceptors (Lipinski definition) is 2. The van der Waals surface area contributed by atoms with Crippen LogP contribution in [0.15, 0.2) is 11.3 Å². The molecule has 0 amide bonds. The van der Waals surface area contributed by atoms with Crippen LogP contribution in [0, 0.1) is 5.92 Å². The molecule has 0 N–H and O–H groups in total. The van der Waals surface area contributed by atoms with Gasteiger partial charge in [0.1, 0.15) is 11.4 Å². The van der Waals surface area contributed by atoms with Crippen molar-refractivity contribution < 1.29 is 9.53 Å². The molecule has 0 aromatic rings. The van der Waals surface area contributed by atoms with Gasteiger partial charge in [-0.05, 0) is 32.6 Å². The zero-order valence-corrected chi connectivity index (χ0v) is 9.22. The lowest BCUT2D eigenvalue weighted by atomic mass is 9.82. The molecule has 0 aromatic heterocycles. The summed E-state index contributed by atoms with van der Waals surface area (Å²) < 4.78 is 5.88. The Hall–Kier alpha value is -0.790. The molecule has 1 heterocycles. The second-order valence-electron chi connectivity index (χ2n) is 5.21. The Morgan fingerprint density at radius 1 is 1.43 bits per heavy atom. The highest BCUT2D eigenvalue weighted by atomic mass is 16.5. The number of carbonyl (C=O) groups excluding carboxylic acids is 1. The van der Waals surface area contributed by atoms with Crippen molar-refractivity contribution in [3.63, 3.8) is 0 Å². The molecule has 2 aliphatic rings. The van der Waals surface area contributed by atoms with Crippen molar-refractivity contribution in [2.75, 3.05) is 0 Å². The third-order valence-electron chi connectivity index (χ3n) is 3.08. The monoisotopic (exact) mass is 194 g/mol. The van der Waals surface area contributed by atoms with Crippen LogP contribution < -0.4 is 0 Å². The van der Waals surface area contributed by atoms with Crippen LogP contribution in [-0.4, -0.2) is 11.4 Å². The SMILES string of the molecule is CC1CCC2=C(C1)OC(C)(C)CC2=O. The number of ketones is 1. The van der Waals surface area contributed by atoms with Gasteiger partial charge in [-0.1, -0.05) is 6.92 Å². The standard InChI is InChI=1S/C12H18O2/c1-8-4-5-9-10(13)7-12(2,3)14-11(9)6-8/h8H,4-7H2,1-3H3. The summed E-state index contributed by atoms with van der Waals surface area (Å²) in [6.45, 7) is 6.21. The first-order valence-corrected chi connectivity index (χ1v) is 5.42. The maximum absolute atomic E-state index is 11.8.